The molecule has 0 bridgehead atoms. The normalized spacial score (nSPS) is 12.8. The van der Waals surface area contributed by atoms with Crippen LogP contribution in [0.25, 0.3) is 0 Å². The fourth-order valence-electron chi connectivity index (χ4n) is 6.05. The third-order valence-corrected chi connectivity index (χ3v) is 9.49. The number of carbonyl (C=O) groups is 3. The number of carbonyl (C=O) groups excluding carboxylic acids is 3. The second-order valence-corrected chi connectivity index (χ2v) is 15.0. The third kappa shape index (κ3) is 43.6. The van der Waals surface area contributed by atoms with Crippen LogP contribution in [0.5, 0.6) is 0 Å². The highest BCUT2D eigenvalue weighted by Crippen LogP contribution is 2.14. The van der Waals surface area contributed by atoms with Crippen molar-refractivity contribution in [3.05, 3.63) is 85.1 Å². The molecule has 0 aromatic heterocycles. The monoisotopic (exact) mass is 793 g/mol. The Morgan fingerprint density at radius 2 is 0.772 bits per heavy atom. The van der Waals surface area contributed by atoms with Crippen molar-refractivity contribution < 1.29 is 28.6 Å². The number of hydrogen-bond acceptors (Lipinski definition) is 6. The van der Waals surface area contributed by atoms with Crippen LogP contribution in [0.1, 0.15) is 201 Å². The molecule has 0 aromatic carbocycles. The standard InChI is InChI=1S/C51H84O6/c1-4-7-10-13-16-19-22-25-27-29-32-35-38-41-44-50(53)56-47-48(46-55-49(52)43-40-37-34-31-28-24-21-18-15-12-9-6-3)57-51(54)45-42-39-36-33-30-26-23-20-17-14-11-8-5-2/h7-8,10-11,14,16-17,19-20,23,25-27,30,48H,4-6,9,12-13,15,18,21-22,24,28-29,31-47H2,1-3H3/b10-7-,11-8-,17-14-,19-16-,23-20-,27-25-,30-26-. The molecule has 6 nitrogen and oxygen atoms in total. The van der Waals surface area contributed by atoms with E-state index in [1.807, 2.05) is 36.5 Å². The molecule has 0 rings (SSSR count). The molecule has 0 saturated carbocycles. The first-order chi connectivity index (χ1) is 28.0. The zero-order valence-electron chi connectivity index (χ0n) is 36.8. The Morgan fingerprint density at radius 3 is 1.30 bits per heavy atom. The third-order valence-electron chi connectivity index (χ3n) is 9.49. The molecule has 324 valence electrons. The van der Waals surface area contributed by atoms with Crippen LogP contribution in [-0.2, 0) is 28.6 Å². The lowest BCUT2D eigenvalue weighted by atomic mass is 10.0. The molecular formula is C51H84O6. The Labute approximate surface area is 350 Å². The minimum atomic E-state index is -0.803. The van der Waals surface area contributed by atoms with E-state index >= 15 is 0 Å². The van der Waals surface area contributed by atoms with Crippen LogP contribution < -0.4 is 0 Å². The van der Waals surface area contributed by atoms with E-state index in [4.69, 9.17) is 14.2 Å². The van der Waals surface area contributed by atoms with Gasteiger partial charge in [-0.2, -0.15) is 0 Å². The molecule has 0 fully saturated rings. The van der Waals surface area contributed by atoms with Crippen LogP contribution in [0.2, 0.25) is 0 Å². The number of ether oxygens (including phenoxy) is 3. The van der Waals surface area contributed by atoms with Gasteiger partial charge in [0.2, 0.25) is 0 Å². The molecule has 0 amide bonds. The van der Waals surface area contributed by atoms with Crippen molar-refractivity contribution in [3.8, 4) is 0 Å². The van der Waals surface area contributed by atoms with Crippen LogP contribution in [0, 0.1) is 0 Å². The van der Waals surface area contributed by atoms with Gasteiger partial charge in [0.15, 0.2) is 6.10 Å². The lowest BCUT2D eigenvalue weighted by Crippen LogP contribution is -2.30. The lowest BCUT2D eigenvalue weighted by molar-refractivity contribution is -0.167. The molecule has 0 spiro atoms. The van der Waals surface area contributed by atoms with Gasteiger partial charge in [0.25, 0.3) is 0 Å². The summed E-state index contributed by atoms with van der Waals surface area (Å²) in [5.74, 6) is -0.968. The number of esters is 3. The Morgan fingerprint density at radius 1 is 0.386 bits per heavy atom. The second kappa shape index (κ2) is 45.3. The van der Waals surface area contributed by atoms with Crippen LogP contribution in [0.4, 0.5) is 0 Å². The summed E-state index contributed by atoms with van der Waals surface area (Å²) in [7, 11) is 0. The Bertz CT molecular complexity index is 1140. The van der Waals surface area contributed by atoms with E-state index in [1.165, 1.54) is 57.8 Å². The van der Waals surface area contributed by atoms with E-state index in [1.54, 1.807) is 0 Å². The molecule has 0 radical (unpaired) electrons. The van der Waals surface area contributed by atoms with E-state index in [2.05, 4.69) is 69.4 Å². The topological polar surface area (TPSA) is 78.9 Å². The maximum atomic E-state index is 12.7. The molecular weight excluding hydrogens is 709 g/mol. The van der Waals surface area contributed by atoms with Gasteiger partial charge in [0, 0.05) is 19.3 Å². The van der Waals surface area contributed by atoms with E-state index < -0.39 is 6.10 Å². The number of allylic oxidation sites excluding steroid dienone is 14. The minimum Gasteiger partial charge on any atom is -0.462 e. The largest absolute Gasteiger partial charge is 0.462 e. The smallest absolute Gasteiger partial charge is 0.306 e. The molecule has 57 heavy (non-hydrogen) atoms. The van der Waals surface area contributed by atoms with Gasteiger partial charge in [-0.25, -0.2) is 0 Å². The van der Waals surface area contributed by atoms with Crippen molar-refractivity contribution in [3.63, 3.8) is 0 Å². The first-order valence-corrected chi connectivity index (χ1v) is 23.1. The maximum absolute atomic E-state index is 12.7. The van der Waals surface area contributed by atoms with Crippen molar-refractivity contribution >= 4 is 17.9 Å². The number of unbranched alkanes of at least 4 members (excludes halogenated alkanes) is 18. The highest BCUT2D eigenvalue weighted by molar-refractivity contribution is 5.71. The van der Waals surface area contributed by atoms with Gasteiger partial charge in [0.05, 0.1) is 0 Å². The summed E-state index contributed by atoms with van der Waals surface area (Å²) < 4.78 is 16.7. The summed E-state index contributed by atoms with van der Waals surface area (Å²) in [6.07, 6.45) is 57.1. The summed E-state index contributed by atoms with van der Waals surface area (Å²) in [6.45, 7) is 6.31. The Kier molecular flexibility index (Phi) is 42.6. The van der Waals surface area contributed by atoms with Gasteiger partial charge >= 0.3 is 17.9 Å². The SMILES string of the molecule is CC\C=C/C=C\C=C/C=C\CCCCCC(=O)OC(COC(=O)CCCCCC/C=C\C/C=C\C/C=C\CC)COC(=O)CCCCCCCCCCCCCC. The molecule has 0 aliphatic heterocycles. The summed E-state index contributed by atoms with van der Waals surface area (Å²) in [5, 5.41) is 0. The van der Waals surface area contributed by atoms with Gasteiger partial charge < -0.3 is 14.2 Å². The Hall–Kier alpha value is -3.41. The molecule has 0 aromatic rings. The van der Waals surface area contributed by atoms with Crippen LogP contribution in [0.15, 0.2) is 85.1 Å². The van der Waals surface area contributed by atoms with Crippen molar-refractivity contribution in [1.82, 2.24) is 0 Å². The summed E-state index contributed by atoms with van der Waals surface area (Å²) >= 11 is 0. The van der Waals surface area contributed by atoms with Gasteiger partial charge in [-0.15, -0.1) is 0 Å². The average molecular weight is 793 g/mol. The number of hydrogen-bond donors (Lipinski definition) is 0. The fraction of sp³-hybridized carbons (Fsp3) is 0.667. The number of rotatable bonds is 40. The summed E-state index contributed by atoms with van der Waals surface area (Å²) in [6, 6.07) is 0. The van der Waals surface area contributed by atoms with Gasteiger partial charge in [-0.05, 0) is 70.6 Å². The summed E-state index contributed by atoms with van der Waals surface area (Å²) in [5.41, 5.74) is 0. The van der Waals surface area contributed by atoms with Crippen molar-refractivity contribution in [2.24, 2.45) is 0 Å². The van der Waals surface area contributed by atoms with Crippen molar-refractivity contribution in [2.45, 2.75) is 207 Å². The highest BCUT2D eigenvalue weighted by Gasteiger charge is 2.19. The Balaban J connectivity index is 4.49. The van der Waals surface area contributed by atoms with Gasteiger partial charge in [0.1, 0.15) is 13.2 Å². The predicted octanol–water partition coefficient (Wildman–Crippen LogP) is 14.9. The van der Waals surface area contributed by atoms with Gasteiger partial charge in [-0.3, -0.25) is 14.4 Å². The molecule has 1 unspecified atom stereocenters. The first-order valence-electron chi connectivity index (χ1n) is 23.1. The van der Waals surface area contributed by atoms with Crippen molar-refractivity contribution in [2.75, 3.05) is 13.2 Å². The first kappa shape index (κ1) is 53.6. The lowest BCUT2D eigenvalue weighted by Gasteiger charge is -2.18. The van der Waals surface area contributed by atoms with Crippen molar-refractivity contribution in [1.29, 1.82) is 0 Å². The van der Waals surface area contributed by atoms with Crippen LogP contribution >= 0.6 is 0 Å². The molecule has 6 heteroatoms. The molecule has 0 heterocycles. The van der Waals surface area contributed by atoms with Gasteiger partial charge in [-0.1, -0.05) is 196 Å². The molecule has 0 saturated heterocycles. The van der Waals surface area contributed by atoms with E-state index in [0.717, 1.165) is 96.3 Å². The second-order valence-electron chi connectivity index (χ2n) is 15.0. The van der Waals surface area contributed by atoms with Crippen LogP contribution in [-0.4, -0.2) is 37.2 Å². The zero-order valence-corrected chi connectivity index (χ0v) is 36.8. The van der Waals surface area contributed by atoms with E-state index in [0.29, 0.717) is 19.3 Å². The molecule has 0 N–H and O–H groups in total. The fourth-order valence-corrected chi connectivity index (χ4v) is 6.05. The molecule has 1 atom stereocenters. The molecule has 0 aliphatic rings. The average Bonchev–Trinajstić information content (AvgIpc) is 3.21. The van der Waals surface area contributed by atoms with E-state index in [-0.39, 0.29) is 37.5 Å². The van der Waals surface area contributed by atoms with Crippen LogP contribution in [0.3, 0.4) is 0 Å². The predicted molar refractivity (Wildman–Crippen MR) is 242 cm³/mol. The summed E-state index contributed by atoms with van der Waals surface area (Å²) in [4.78, 5) is 37.8. The quantitative estimate of drug-likeness (QED) is 0.0202. The zero-order chi connectivity index (χ0) is 41.5. The minimum absolute atomic E-state index is 0.0995. The molecule has 0 aliphatic carbocycles. The highest BCUT2D eigenvalue weighted by atomic mass is 16.6. The van der Waals surface area contributed by atoms with E-state index in [9.17, 15) is 14.4 Å². The maximum Gasteiger partial charge on any atom is 0.306 e.